The molecule has 8 rings (SSSR count). The smallest absolute Gasteiger partial charge is 0.261 e. The average molecular weight is 743 g/mol. The summed E-state index contributed by atoms with van der Waals surface area (Å²) in [7, 11) is 2.99. The number of nitrogens with one attached hydrogen (secondary N) is 2. The highest BCUT2D eigenvalue weighted by Gasteiger charge is 2.56. The second-order valence-corrected chi connectivity index (χ2v) is 15.8. The number of halogens is 2. The summed E-state index contributed by atoms with van der Waals surface area (Å²) in [5.74, 6) is 3.31. The lowest BCUT2D eigenvalue weighted by Gasteiger charge is -2.61. The molecule has 4 fully saturated rings. The minimum atomic E-state index is -0.400. The molecule has 1 unspecified atom stereocenters. The van der Waals surface area contributed by atoms with Gasteiger partial charge in [-0.05, 0) is 97.2 Å². The predicted octanol–water partition coefficient (Wildman–Crippen LogP) is 7.49. The van der Waals surface area contributed by atoms with Crippen molar-refractivity contribution in [3.05, 3.63) is 93.5 Å². The van der Waals surface area contributed by atoms with Crippen LogP contribution in [0.25, 0.3) is 10.9 Å². The molecule has 0 amide bonds. The fourth-order valence-corrected chi connectivity index (χ4v) is 8.86. The molecular formula is C43H56F2N6O3. The number of aliphatic imine (C=N–C) groups is 1. The highest BCUT2D eigenvalue weighted by molar-refractivity contribution is 5.96. The number of hydrogen-bond donors (Lipinski definition) is 2. The SMILES string of the molecule is C.COc1ccc(CCc2nc3cc(NC(=NC4C[C@H]5C[C@@H]([C@@H]4C)C5(C)C)N4CCN[C@@H](C)C4)ccc3c(=O)n2CCc2ccc(OC)cc2F)c(F)c1. The molecule has 1 saturated heterocycles. The number of hydrogen-bond acceptors (Lipinski definition) is 6. The number of aromatic nitrogens is 2. The number of fused-ring (bicyclic) bond motifs is 3. The maximum Gasteiger partial charge on any atom is 0.261 e. The highest BCUT2D eigenvalue weighted by Crippen LogP contribution is 2.61. The van der Waals surface area contributed by atoms with E-state index in [0.29, 0.717) is 81.4 Å². The van der Waals surface area contributed by atoms with Crippen LogP contribution in [0.1, 0.15) is 64.9 Å². The van der Waals surface area contributed by atoms with Gasteiger partial charge in [-0.2, -0.15) is 0 Å². The van der Waals surface area contributed by atoms with Crippen LogP contribution in [0, 0.1) is 34.8 Å². The second kappa shape index (κ2) is 16.1. The number of rotatable bonds is 10. The van der Waals surface area contributed by atoms with Gasteiger partial charge in [-0.1, -0.05) is 40.3 Å². The van der Waals surface area contributed by atoms with E-state index in [1.54, 1.807) is 28.8 Å². The third-order valence-corrected chi connectivity index (χ3v) is 12.3. The fraction of sp³-hybridized carbons (Fsp3) is 0.512. The topological polar surface area (TPSA) is 93.0 Å². The van der Waals surface area contributed by atoms with Gasteiger partial charge in [0, 0.05) is 56.5 Å². The molecule has 1 aromatic heterocycles. The standard InChI is InChI=1S/C42H52F2N6O3.CH4/c1-25-24-49(18-16-45-25)41(48-37-20-29-19-34(26(37)2)42(29,3)4)46-30-10-13-33-38(21-30)47-39(14-9-27-7-11-31(52-5)22-35(27)43)50(40(33)51)17-15-28-8-12-32(53-6)23-36(28)44;/h7-8,10-13,21-23,25-26,29,34,37,45H,9,14-20,24H2,1-6H3,(H,46,48);1H4/t25-,26-,29+,34-,37?;/m0./s1. The largest absolute Gasteiger partial charge is 0.497 e. The van der Waals surface area contributed by atoms with E-state index in [1.807, 2.05) is 18.2 Å². The molecule has 290 valence electrons. The minimum Gasteiger partial charge on any atom is -0.497 e. The Hall–Kier alpha value is -4.51. The Morgan fingerprint density at radius 3 is 2.26 bits per heavy atom. The third kappa shape index (κ3) is 7.83. The summed E-state index contributed by atoms with van der Waals surface area (Å²) >= 11 is 0. The maximum atomic E-state index is 15.0. The van der Waals surface area contributed by atoms with Gasteiger partial charge in [0.15, 0.2) is 5.96 Å². The van der Waals surface area contributed by atoms with Crippen molar-refractivity contribution in [1.82, 2.24) is 19.8 Å². The van der Waals surface area contributed by atoms with Gasteiger partial charge in [0.1, 0.15) is 29.0 Å². The van der Waals surface area contributed by atoms with Gasteiger partial charge in [0.05, 0.1) is 31.2 Å². The van der Waals surface area contributed by atoms with Gasteiger partial charge in [-0.15, -0.1) is 0 Å². The summed E-state index contributed by atoms with van der Waals surface area (Å²) in [5.41, 5.74) is 2.45. The lowest BCUT2D eigenvalue weighted by atomic mass is 9.45. The van der Waals surface area contributed by atoms with Crippen molar-refractivity contribution in [2.45, 2.75) is 85.9 Å². The van der Waals surface area contributed by atoms with E-state index in [2.05, 4.69) is 43.2 Å². The van der Waals surface area contributed by atoms with Crippen LogP contribution in [-0.2, 0) is 25.8 Å². The fourth-order valence-electron chi connectivity index (χ4n) is 8.86. The van der Waals surface area contributed by atoms with E-state index in [0.717, 1.165) is 37.7 Å². The molecule has 2 bridgehead atoms. The number of anilines is 1. The summed E-state index contributed by atoms with van der Waals surface area (Å²) in [5, 5.41) is 7.66. The van der Waals surface area contributed by atoms with E-state index >= 15 is 4.39 Å². The van der Waals surface area contributed by atoms with Crippen LogP contribution in [0.15, 0.2) is 64.4 Å². The minimum absolute atomic E-state index is 0. The Morgan fingerprint density at radius 1 is 0.963 bits per heavy atom. The molecular weight excluding hydrogens is 687 g/mol. The zero-order chi connectivity index (χ0) is 37.4. The average Bonchev–Trinajstić information content (AvgIpc) is 3.14. The summed E-state index contributed by atoms with van der Waals surface area (Å²) in [6, 6.07) is 15.7. The van der Waals surface area contributed by atoms with Gasteiger partial charge in [-0.25, -0.2) is 18.8 Å². The first-order valence-electron chi connectivity index (χ1n) is 19.0. The molecule has 0 spiro atoms. The summed E-state index contributed by atoms with van der Waals surface area (Å²) in [6.07, 6.45) is 3.28. The number of nitrogens with zero attached hydrogens (tertiary/aromatic N) is 4. The van der Waals surface area contributed by atoms with Gasteiger partial charge in [0.2, 0.25) is 0 Å². The Balaban J connectivity index is 0.00000497. The van der Waals surface area contributed by atoms with Crippen LogP contribution in [0.5, 0.6) is 11.5 Å². The molecule has 3 aliphatic carbocycles. The summed E-state index contributed by atoms with van der Waals surface area (Å²) in [4.78, 5) is 27.0. The number of ether oxygens (including phenoxy) is 2. The zero-order valence-corrected chi connectivity index (χ0v) is 31.7. The van der Waals surface area contributed by atoms with E-state index in [1.165, 1.54) is 32.8 Å². The van der Waals surface area contributed by atoms with E-state index in [4.69, 9.17) is 19.5 Å². The van der Waals surface area contributed by atoms with E-state index in [9.17, 15) is 9.18 Å². The van der Waals surface area contributed by atoms with Crippen LogP contribution >= 0.6 is 0 Å². The van der Waals surface area contributed by atoms with Crippen molar-refractivity contribution in [2.24, 2.45) is 28.2 Å². The first-order valence-corrected chi connectivity index (χ1v) is 19.0. The van der Waals surface area contributed by atoms with Crippen molar-refractivity contribution in [3.8, 4) is 11.5 Å². The quantitative estimate of drug-likeness (QED) is 0.129. The number of piperazine rings is 1. The highest BCUT2D eigenvalue weighted by atomic mass is 19.1. The Kier molecular flexibility index (Phi) is 11.7. The molecule has 4 aliphatic rings. The van der Waals surface area contributed by atoms with Crippen LogP contribution in [-0.4, -0.2) is 66.3 Å². The first-order chi connectivity index (χ1) is 25.4. The Morgan fingerprint density at radius 2 is 1.65 bits per heavy atom. The van der Waals surface area contributed by atoms with Crippen LogP contribution in [0.2, 0.25) is 0 Å². The van der Waals surface area contributed by atoms with Crippen LogP contribution < -0.4 is 25.7 Å². The second-order valence-electron chi connectivity index (χ2n) is 15.8. The molecule has 2 heterocycles. The lowest BCUT2D eigenvalue weighted by molar-refractivity contribution is -0.108. The van der Waals surface area contributed by atoms with Crippen molar-refractivity contribution >= 4 is 22.5 Å². The van der Waals surface area contributed by atoms with Gasteiger partial charge >= 0.3 is 0 Å². The number of aryl methyl sites for hydroxylation is 3. The molecule has 0 radical (unpaired) electrons. The van der Waals surface area contributed by atoms with Crippen molar-refractivity contribution in [2.75, 3.05) is 39.2 Å². The van der Waals surface area contributed by atoms with Crippen molar-refractivity contribution < 1.29 is 18.3 Å². The number of benzene rings is 3. The molecule has 54 heavy (non-hydrogen) atoms. The zero-order valence-electron chi connectivity index (χ0n) is 31.7. The van der Waals surface area contributed by atoms with Gasteiger partial charge < -0.3 is 25.0 Å². The first kappa shape index (κ1) is 39.2. The summed E-state index contributed by atoms with van der Waals surface area (Å²) < 4.78 is 41.9. The molecule has 9 nitrogen and oxygen atoms in total. The van der Waals surface area contributed by atoms with E-state index in [-0.39, 0.29) is 37.8 Å². The van der Waals surface area contributed by atoms with Crippen LogP contribution in [0.3, 0.4) is 0 Å². The molecule has 5 atom stereocenters. The predicted molar refractivity (Wildman–Crippen MR) is 213 cm³/mol. The number of guanidine groups is 1. The molecule has 11 heteroatoms. The summed E-state index contributed by atoms with van der Waals surface area (Å²) in [6.45, 7) is 12.1. The molecule has 4 aromatic rings. The number of methoxy groups -OCH3 is 2. The van der Waals surface area contributed by atoms with Crippen molar-refractivity contribution in [3.63, 3.8) is 0 Å². The lowest BCUT2D eigenvalue weighted by Crippen LogP contribution is -2.57. The van der Waals surface area contributed by atoms with Crippen LogP contribution in [0.4, 0.5) is 14.5 Å². The normalized spacial score (nSPS) is 23.4. The van der Waals surface area contributed by atoms with Crippen molar-refractivity contribution in [1.29, 1.82) is 0 Å². The molecule has 3 aromatic carbocycles. The molecule has 3 saturated carbocycles. The van der Waals surface area contributed by atoms with E-state index < -0.39 is 5.82 Å². The maximum absolute atomic E-state index is 15.0. The third-order valence-electron chi connectivity index (χ3n) is 12.3. The Bertz CT molecular complexity index is 2070. The molecule has 1 aliphatic heterocycles. The van der Waals surface area contributed by atoms with Gasteiger partial charge in [0.25, 0.3) is 5.56 Å². The Labute approximate surface area is 318 Å². The van der Waals surface area contributed by atoms with Gasteiger partial charge in [-0.3, -0.25) is 9.36 Å². The monoisotopic (exact) mass is 742 g/mol. The molecule has 2 N–H and O–H groups in total.